The molecule has 176 valence electrons. The normalized spacial score (nSPS) is 15.8. The summed E-state index contributed by atoms with van der Waals surface area (Å²) in [5, 5.41) is 7.91. The van der Waals surface area contributed by atoms with Crippen molar-refractivity contribution >= 4 is 28.9 Å². The molecule has 0 saturated heterocycles. The summed E-state index contributed by atoms with van der Waals surface area (Å²) >= 11 is 6.07. The Kier molecular flexibility index (Phi) is 6.01. The summed E-state index contributed by atoms with van der Waals surface area (Å²) in [6.45, 7) is 3.90. The molecule has 0 aliphatic carbocycles. The van der Waals surface area contributed by atoms with Crippen LogP contribution >= 0.6 is 11.6 Å². The number of hydrogen-bond acceptors (Lipinski definition) is 5. The van der Waals surface area contributed by atoms with Crippen molar-refractivity contribution in [3.05, 3.63) is 101 Å². The van der Waals surface area contributed by atoms with Gasteiger partial charge in [-0.15, -0.1) is 0 Å². The first-order chi connectivity index (χ1) is 16.9. The van der Waals surface area contributed by atoms with Gasteiger partial charge in [-0.1, -0.05) is 46.6 Å². The fraction of sp³-hybridized carbons (Fsp3) is 0.148. The summed E-state index contributed by atoms with van der Waals surface area (Å²) in [5.41, 5.74) is 4.92. The summed E-state index contributed by atoms with van der Waals surface area (Å²) in [6, 6.07) is 21.8. The lowest BCUT2D eigenvalue weighted by molar-refractivity contribution is 0.244. The molecule has 1 unspecified atom stereocenters. The van der Waals surface area contributed by atoms with Crippen LogP contribution in [-0.4, -0.2) is 23.3 Å². The fourth-order valence-electron chi connectivity index (χ4n) is 4.12. The SMILES string of the molecule is COc1ccc(-c2noc(C3=C(C)N(c4ccc(Cl)cc4)C(=O)NC3c3ccc(C)cc3)n2)cc1. The van der Waals surface area contributed by atoms with E-state index in [4.69, 9.17) is 25.8 Å². The molecule has 7 nitrogen and oxygen atoms in total. The van der Waals surface area contributed by atoms with Crippen molar-refractivity contribution in [2.24, 2.45) is 0 Å². The Bertz CT molecular complexity index is 1390. The number of carbonyl (C=O) groups is 1. The van der Waals surface area contributed by atoms with E-state index in [1.807, 2.05) is 62.4 Å². The molecule has 2 heterocycles. The third kappa shape index (κ3) is 4.38. The highest BCUT2D eigenvalue weighted by Gasteiger charge is 2.36. The monoisotopic (exact) mass is 486 g/mol. The average Bonchev–Trinajstić information content (AvgIpc) is 3.35. The largest absolute Gasteiger partial charge is 0.497 e. The first-order valence-corrected chi connectivity index (χ1v) is 11.4. The molecular formula is C27H23ClN4O3. The Hall–Kier alpha value is -4.10. The lowest BCUT2D eigenvalue weighted by atomic mass is 9.94. The smallest absolute Gasteiger partial charge is 0.326 e. The van der Waals surface area contributed by atoms with Crippen LogP contribution in [0.1, 0.15) is 30.0 Å². The van der Waals surface area contributed by atoms with Crippen molar-refractivity contribution in [3.63, 3.8) is 0 Å². The second-order valence-electron chi connectivity index (χ2n) is 8.26. The molecule has 1 aliphatic rings. The summed E-state index contributed by atoms with van der Waals surface area (Å²) in [5.74, 6) is 1.52. The van der Waals surface area contributed by atoms with Gasteiger partial charge in [0.05, 0.1) is 24.4 Å². The molecule has 0 radical (unpaired) electrons. The number of carbonyl (C=O) groups excluding carboxylic acids is 1. The minimum absolute atomic E-state index is 0.256. The number of benzene rings is 3. The molecule has 35 heavy (non-hydrogen) atoms. The third-order valence-corrected chi connectivity index (χ3v) is 6.24. The van der Waals surface area contributed by atoms with Crippen molar-refractivity contribution < 1.29 is 14.1 Å². The molecule has 2 amide bonds. The quantitative estimate of drug-likeness (QED) is 0.352. The molecule has 4 aromatic rings. The number of aromatic nitrogens is 2. The zero-order valence-electron chi connectivity index (χ0n) is 19.4. The number of hydrogen-bond donors (Lipinski definition) is 1. The first kappa shape index (κ1) is 22.7. The third-order valence-electron chi connectivity index (χ3n) is 5.98. The van der Waals surface area contributed by atoms with Crippen molar-refractivity contribution in [2.45, 2.75) is 19.9 Å². The van der Waals surface area contributed by atoms with Crippen LogP contribution in [0.5, 0.6) is 5.75 Å². The number of amides is 2. The Morgan fingerprint density at radius 2 is 1.66 bits per heavy atom. The molecule has 1 N–H and O–H groups in total. The number of nitrogens with zero attached hydrogens (tertiary/aromatic N) is 3. The molecule has 0 bridgehead atoms. The Morgan fingerprint density at radius 3 is 2.31 bits per heavy atom. The zero-order valence-corrected chi connectivity index (χ0v) is 20.2. The second kappa shape index (κ2) is 9.27. The van der Waals surface area contributed by atoms with E-state index in [1.165, 1.54) is 0 Å². The number of allylic oxidation sites excluding steroid dienone is 1. The standard InChI is InChI=1S/C27H23ClN4O3/c1-16-4-6-18(7-5-16)24-23(17(2)32(27(33)29-24)21-12-10-20(28)11-13-21)26-30-25(31-35-26)19-8-14-22(34-3)15-9-19/h4-15,24H,1-3H3,(H,29,33). The fourth-order valence-corrected chi connectivity index (χ4v) is 4.25. The molecule has 8 heteroatoms. The van der Waals surface area contributed by atoms with E-state index < -0.39 is 6.04 Å². The Balaban J connectivity index is 1.62. The summed E-state index contributed by atoms with van der Waals surface area (Å²) < 4.78 is 11.0. The Labute approximate surface area is 208 Å². The molecule has 3 aromatic carbocycles. The van der Waals surface area contributed by atoms with Crippen LogP contribution in [0.4, 0.5) is 10.5 Å². The predicted octanol–water partition coefficient (Wildman–Crippen LogP) is 6.41. The molecule has 0 saturated carbocycles. The van der Waals surface area contributed by atoms with Crippen molar-refractivity contribution in [1.29, 1.82) is 0 Å². The topological polar surface area (TPSA) is 80.5 Å². The first-order valence-electron chi connectivity index (χ1n) is 11.1. The number of halogens is 1. The van der Waals surface area contributed by atoms with Crippen LogP contribution in [0.15, 0.2) is 83.0 Å². The van der Waals surface area contributed by atoms with Gasteiger partial charge in [-0.2, -0.15) is 4.98 Å². The van der Waals surface area contributed by atoms with Crippen LogP contribution < -0.4 is 15.0 Å². The van der Waals surface area contributed by atoms with Crippen LogP contribution in [0.3, 0.4) is 0 Å². The van der Waals surface area contributed by atoms with Crippen LogP contribution in [0.2, 0.25) is 5.02 Å². The molecule has 5 rings (SSSR count). The van der Waals surface area contributed by atoms with Gasteiger partial charge < -0.3 is 14.6 Å². The maximum Gasteiger partial charge on any atom is 0.326 e. The minimum atomic E-state index is -0.462. The highest BCUT2D eigenvalue weighted by molar-refractivity contribution is 6.30. The van der Waals surface area contributed by atoms with Crippen molar-refractivity contribution in [2.75, 3.05) is 12.0 Å². The predicted molar refractivity (Wildman–Crippen MR) is 135 cm³/mol. The van der Waals surface area contributed by atoms with E-state index in [2.05, 4.69) is 10.5 Å². The van der Waals surface area contributed by atoms with Gasteiger partial charge in [0.1, 0.15) is 5.75 Å². The number of nitrogens with one attached hydrogen (secondary N) is 1. The summed E-state index contributed by atoms with van der Waals surface area (Å²) in [4.78, 5) is 19.6. The summed E-state index contributed by atoms with van der Waals surface area (Å²) in [7, 11) is 1.62. The highest BCUT2D eigenvalue weighted by atomic mass is 35.5. The van der Waals surface area contributed by atoms with Gasteiger partial charge in [0.25, 0.3) is 5.89 Å². The van der Waals surface area contributed by atoms with Gasteiger partial charge in [0.15, 0.2) is 0 Å². The molecule has 0 spiro atoms. The van der Waals surface area contributed by atoms with E-state index in [0.29, 0.717) is 28.1 Å². The van der Waals surface area contributed by atoms with Gasteiger partial charge in [-0.3, -0.25) is 4.90 Å². The van der Waals surface area contributed by atoms with Crippen LogP contribution in [0, 0.1) is 6.92 Å². The van der Waals surface area contributed by atoms with Gasteiger partial charge >= 0.3 is 6.03 Å². The zero-order chi connectivity index (χ0) is 24.5. The van der Waals surface area contributed by atoms with E-state index in [0.717, 1.165) is 28.0 Å². The van der Waals surface area contributed by atoms with Gasteiger partial charge in [-0.05, 0) is 67.9 Å². The maximum atomic E-state index is 13.3. The molecular weight excluding hydrogens is 464 g/mol. The highest BCUT2D eigenvalue weighted by Crippen LogP contribution is 2.39. The number of methoxy groups -OCH3 is 1. The molecule has 1 aliphatic heterocycles. The van der Waals surface area contributed by atoms with E-state index in [1.54, 1.807) is 36.3 Å². The Morgan fingerprint density at radius 1 is 0.971 bits per heavy atom. The summed E-state index contributed by atoms with van der Waals surface area (Å²) in [6.07, 6.45) is 0. The van der Waals surface area contributed by atoms with E-state index in [-0.39, 0.29) is 6.03 Å². The lowest BCUT2D eigenvalue weighted by Gasteiger charge is -2.35. The lowest BCUT2D eigenvalue weighted by Crippen LogP contribution is -2.46. The van der Waals surface area contributed by atoms with Gasteiger partial charge in [0.2, 0.25) is 5.82 Å². The number of anilines is 1. The van der Waals surface area contributed by atoms with Crippen LogP contribution in [-0.2, 0) is 0 Å². The van der Waals surface area contributed by atoms with E-state index >= 15 is 0 Å². The minimum Gasteiger partial charge on any atom is -0.497 e. The molecule has 1 aromatic heterocycles. The number of rotatable bonds is 5. The van der Waals surface area contributed by atoms with Crippen molar-refractivity contribution in [1.82, 2.24) is 15.5 Å². The molecule has 1 atom stereocenters. The van der Waals surface area contributed by atoms with Crippen LogP contribution in [0.25, 0.3) is 17.0 Å². The maximum absolute atomic E-state index is 13.3. The van der Waals surface area contributed by atoms with Gasteiger partial charge in [0, 0.05) is 16.3 Å². The van der Waals surface area contributed by atoms with E-state index in [9.17, 15) is 4.79 Å². The average molecular weight is 487 g/mol. The number of aryl methyl sites for hydroxylation is 1. The number of urea groups is 1. The molecule has 0 fully saturated rings. The second-order valence-corrected chi connectivity index (χ2v) is 8.69. The van der Waals surface area contributed by atoms with Gasteiger partial charge in [-0.25, -0.2) is 4.79 Å². The van der Waals surface area contributed by atoms with Crippen molar-refractivity contribution in [3.8, 4) is 17.1 Å². The number of ether oxygens (including phenoxy) is 1.